The van der Waals surface area contributed by atoms with Crippen LogP contribution >= 0.6 is 24.0 Å². The molecule has 9 heteroatoms. The smallest absolute Gasteiger partial charge is 0.215 e. The largest absolute Gasteiger partial charge is 0.355 e. The van der Waals surface area contributed by atoms with Gasteiger partial charge < -0.3 is 10.2 Å². The van der Waals surface area contributed by atoms with Crippen molar-refractivity contribution in [2.75, 3.05) is 58.6 Å². The summed E-state index contributed by atoms with van der Waals surface area (Å²) >= 11 is 0. The van der Waals surface area contributed by atoms with Gasteiger partial charge in [0.15, 0.2) is 5.96 Å². The van der Waals surface area contributed by atoms with Crippen LogP contribution in [0.2, 0.25) is 0 Å². The number of guanidine groups is 1. The van der Waals surface area contributed by atoms with Gasteiger partial charge >= 0.3 is 0 Å². The van der Waals surface area contributed by atoms with Crippen LogP contribution in [0.5, 0.6) is 0 Å². The van der Waals surface area contributed by atoms with Gasteiger partial charge in [0.1, 0.15) is 0 Å². The molecule has 0 aromatic rings. The van der Waals surface area contributed by atoms with E-state index < -0.39 is 10.0 Å². The van der Waals surface area contributed by atoms with Crippen molar-refractivity contribution in [3.8, 4) is 0 Å². The number of hydrogen-bond donors (Lipinski definition) is 1. The highest BCUT2D eigenvalue weighted by Crippen LogP contribution is 2.17. The molecule has 1 saturated heterocycles. The fourth-order valence-electron chi connectivity index (χ4n) is 3.39. The quantitative estimate of drug-likeness (QED) is 0.250. The van der Waals surface area contributed by atoms with Gasteiger partial charge in [0.2, 0.25) is 10.0 Å². The molecule has 1 atom stereocenters. The number of nitrogens with one attached hydrogen (secondary N) is 1. The van der Waals surface area contributed by atoms with Crippen LogP contribution in [0.15, 0.2) is 17.1 Å². The molecule has 146 valence electrons. The van der Waals surface area contributed by atoms with Crippen molar-refractivity contribution in [1.29, 1.82) is 0 Å². The Balaban J connectivity index is 0.00000312. The first-order valence-corrected chi connectivity index (χ1v) is 10.4. The molecule has 7 nitrogen and oxygen atoms in total. The summed E-state index contributed by atoms with van der Waals surface area (Å²) in [6.45, 7) is 9.14. The van der Waals surface area contributed by atoms with Gasteiger partial charge in [-0.2, -0.15) is 0 Å². The Morgan fingerprint density at radius 3 is 2.48 bits per heavy atom. The van der Waals surface area contributed by atoms with Crippen LogP contribution in [-0.4, -0.2) is 93.1 Å². The Labute approximate surface area is 169 Å². The molecular weight excluding hydrogens is 453 g/mol. The van der Waals surface area contributed by atoms with E-state index in [4.69, 9.17) is 0 Å². The standard InChI is InChI=1S/C16H31N5O2S.HI/c1-4-21(5-2)24(22,23)13-9-18-16(17-3)20-12-8-15(14-20)19-10-6-7-11-19;/h6-7,15H,4-5,8-14H2,1-3H3,(H,17,18);1H. The molecule has 0 radical (unpaired) electrons. The number of nitrogens with zero attached hydrogens (tertiary/aromatic N) is 4. The van der Waals surface area contributed by atoms with Gasteiger partial charge in [0.05, 0.1) is 5.75 Å². The van der Waals surface area contributed by atoms with E-state index in [1.165, 1.54) is 4.31 Å². The predicted molar refractivity (Wildman–Crippen MR) is 114 cm³/mol. The summed E-state index contributed by atoms with van der Waals surface area (Å²) in [5.41, 5.74) is 0. The number of rotatable bonds is 7. The third kappa shape index (κ3) is 6.07. The summed E-state index contributed by atoms with van der Waals surface area (Å²) in [7, 11) is -1.44. The average Bonchev–Trinajstić information content (AvgIpc) is 3.23. The molecule has 0 aliphatic carbocycles. The fourth-order valence-corrected chi connectivity index (χ4v) is 4.80. The lowest BCUT2D eigenvalue weighted by molar-refractivity contribution is 0.259. The van der Waals surface area contributed by atoms with Crippen LogP contribution in [0, 0.1) is 0 Å². The molecule has 0 spiro atoms. The Hall–Kier alpha value is -0.390. The van der Waals surface area contributed by atoms with Crippen LogP contribution in [0.1, 0.15) is 20.3 Å². The van der Waals surface area contributed by atoms with E-state index in [-0.39, 0.29) is 29.7 Å². The van der Waals surface area contributed by atoms with Crippen LogP contribution in [0.3, 0.4) is 0 Å². The number of likely N-dealkylation sites (tertiary alicyclic amines) is 1. The highest BCUT2D eigenvalue weighted by molar-refractivity contribution is 14.0. The Kier molecular flexibility index (Phi) is 9.68. The fraction of sp³-hybridized carbons (Fsp3) is 0.812. The van der Waals surface area contributed by atoms with E-state index in [1.807, 2.05) is 13.8 Å². The molecule has 2 rings (SSSR count). The van der Waals surface area contributed by atoms with E-state index in [0.717, 1.165) is 38.6 Å². The van der Waals surface area contributed by atoms with Gasteiger partial charge in [-0.05, 0) is 6.42 Å². The second-order valence-corrected chi connectivity index (χ2v) is 8.28. The van der Waals surface area contributed by atoms with E-state index in [1.54, 1.807) is 7.05 Å². The van der Waals surface area contributed by atoms with Crippen molar-refractivity contribution in [3.63, 3.8) is 0 Å². The highest BCUT2D eigenvalue weighted by atomic mass is 127. The Morgan fingerprint density at radius 2 is 1.92 bits per heavy atom. The molecule has 0 aromatic heterocycles. The van der Waals surface area contributed by atoms with Crippen molar-refractivity contribution < 1.29 is 8.42 Å². The topological polar surface area (TPSA) is 68.2 Å². The van der Waals surface area contributed by atoms with Gasteiger partial charge in [0, 0.05) is 58.9 Å². The average molecular weight is 485 g/mol. The molecule has 0 saturated carbocycles. The molecule has 2 aliphatic rings. The van der Waals surface area contributed by atoms with Crippen molar-refractivity contribution in [1.82, 2.24) is 19.4 Å². The summed E-state index contributed by atoms with van der Waals surface area (Å²) in [6, 6.07) is 0.554. The lowest BCUT2D eigenvalue weighted by Crippen LogP contribution is -2.45. The van der Waals surface area contributed by atoms with E-state index in [0.29, 0.717) is 25.7 Å². The molecule has 1 N–H and O–H groups in total. The minimum atomic E-state index is -3.19. The van der Waals surface area contributed by atoms with Gasteiger partial charge in [-0.25, -0.2) is 12.7 Å². The minimum absolute atomic E-state index is 0. The number of aliphatic imine (C=N–C) groups is 1. The zero-order chi connectivity index (χ0) is 17.6. The van der Waals surface area contributed by atoms with Gasteiger partial charge in [-0.3, -0.25) is 9.89 Å². The lowest BCUT2D eigenvalue weighted by Gasteiger charge is -2.25. The highest BCUT2D eigenvalue weighted by Gasteiger charge is 2.29. The molecule has 1 fully saturated rings. The first kappa shape index (κ1) is 22.7. The second-order valence-electron chi connectivity index (χ2n) is 6.19. The predicted octanol–water partition coefficient (Wildman–Crippen LogP) is 0.798. The van der Waals surface area contributed by atoms with Gasteiger partial charge in [-0.1, -0.05) is 26.0 Å². The first-order chi connectivity index (χ1) is 11.5. The van der Waals surface area contributed by atoms with Gasteiger partial charge in [0.25, 0.3) is 0 Å². The van der Waals surface area contributed by atoms with E-state index in [9.17, 15) is 8.42 Å². The molecule has 0 aromatic carbocycles. The van der Waals surface area contributed by atoms with Crippen LogP contribution < -0.4 is 5.32 Å². The van der Waals surface area contributed by atoms with Crippen molar-refractivity contribution in [2.45, 2.75) is 26.3 Å². The first-order valence-electron chi connectivity index (χ1n) is 8.84. The van der Waals surface area contributed by atoms with Crippen LogP contribution in [0.4, 0.5) is 0 Å². The lowest BCUT2D eigenvalue weighted by atomic mass is 10.2. The molecule has 2 aliphatic heterocycles. The van der Waals surface area contributed by atoms with E-state index >= 15 is 0 Å². The summed E-state index contributed by atoms with van der Waals surface area (Å²) in [4.78, 5) is 9.02. The van der Waals surface area contributed by atoms with Crippen LogP contribution in [-0.2, 0) is 10.0 Å². The summed E-state index contributed by atoms with van der Waals surface area (Å²) in [5, 5.41) is 3.22. The third-order valence-corrected chi connectivity index (χ3v) is 6.80. The molecule has 0 amide bonds. The number of hydrogen-bond acceptors (Lipinski definition) is 4. The third-order valence-electron chi connectivity index (χ3n) is 4.78. The molecule has 2 heterocycles. The van der Waals surface area contributed by atoms with Gasteiger partial charge in [-0.15, -0.1) is 24.0 Å². The maximum atomic E-state index is 12.2. The molecule has 25 heavy (non-hydrogen) atoms. The molecule has 0 bridgehead atoms. The minimum Gasteiger partial charge on any atom is -0.355 e. The number of halogens is 1. The molecule has 1 unspecified atom stereocenters. The van der Waals surface area contributed by atoms with E-state index in [2.05, 4.69) is 32.3 Å². The monoisotopic (exact) mass is 485 g/mol. The van der Waals surface area contributed by atoms with Crippen molar-refractivity contribution >= 4 is 40.0 Å². The SMILES string of the molecule is CCN(CC)S(=O)(=O)CCNC(=NC)N1CCC(N2CC=CC2)C1.I. The normalized spacial score (nSPS) is 21.8. The maximum Gasteiger partial charge on any atom is 0.215 e. The Bertz CT molecular complexity index is 555. The zero-order valence-electron chi connectivity index (χ0n) is 15.5. The van der Waals surface area contributed by atoms with Crippen LogP contribution in [0.25, 0.3) is 0 Å². The van der Waals surface area contributed by atoms with Crippen molar-refractivity contribution in [3.05, 3.63) is 12.2 Å². The van der Waals surface area contributed by atoms with Crippen molar-refractivity contribution in [2.24, 2.45) is 4.99 Å². The summed E-state index contributed by atoms with van der Waals surface area (Å²) in [6.07, 6.45) is 5.56. The zero-order valence-corrected chi connectivity index (χ0v) is 18.7. The Morgan fingerprint density at radius 1 is 1.28 bits per heavy atom. The summed E-state index contributed by atoms with van der Waals surface area (Å²) < 4.78 is 26.0. The summed E-state index contributed by atoms with van der Waals surface area (Å²) in [5.74, 6) is 0.903. The number of sulfonamides is 1. The molecular formula is C16H32IN5O2S. The second kappa shape index (κ2) is 10.7. The maximum absolute atomic E-state index is 12.2.